The van der Waals surface area contributed by atoms with Gasteiger partial charge in [-0.1, -0.05) is 24.6 Å². The molecule has 0 unspecified atom stereocenters. The van der Waals surface area contributed by atoms with Gasteiger partial charge in [0.2, 0.25) is 5.88 Å². The van der Waals surface area contributed by atoms with Gasteiger partial charge in [0, 0.05) is 30.8 Å². The Morgan fingerprint density at radius 3 is 2.69 bits per heavy atom. The number of aromatic nitrogens is 4. The molecule has 2 N–H and O–H groups in total. The third kappa shape index (κ3) is 4.32. The molecule has 3 aromatic heterocycles. The molecular weight excluding hydrogens is 496 g/mol. The summed E-state index contributed by atoms with van der Waals surface area (Å²) >= 11 is 7.49. The van der Waals surface area contributed by atoms with E-state index in [-0.39, 0.29) is 16.6 Å². The lowest BCUT2D eigenvalue weighted by molar-refractivity contribution is 0.0984. The van der Waals surface area contributed by atoms with E-state index in [1.807, 2.05) is 24.3 Å². The van der Waals surface area contributed by atoms with Gasteiger partial charge >= 0.3 is 0 Å². The van der Waals surface area contributed by atoms with Crippen molar-refractivity contribution in [1.82, 2.24) is 24.5 Å². The van der Waals surface area contributed by atoms with Crippen molar-refractivity contribution in [1.29, 1.82) is 0 Å². The standard InChI is InChI=1S/C26H29ClN6O2S/c1-2-14-28-19-4-3-5-22(29-19)36-32-24(34)17-6-7-20(30-23(17)27)33-15-8-21(31-33)35-16-9-18-25(10-11-25)26(18)12-13-26/h3-8,15,18H,2,9-14,16H2,1H3,(H,28,29)(H,32,34). The summed E-state index contributed by atoms with van der Waals surface area (Å²) in [6.45, 7) is 3.63. The van der Waals surface area contributed by atoms with Crippen LogP contribution < -0.4 is 14.8 Å². The molecule has 6 rings (SSSR count). The van der Waals surface area contributed by atoms with Crippen LogP contribution in [0.2, 0.25) is 5.15 Å². The molecule has 0 aromatic carbocycles. The number of hydrogen-bond acceptors (Lipinski definition) is 7. The van der Waals surface area contributed by atoms with Crippen LogP contribution >= 0.6 is 23.5 Å². The highest BCUT2D eigenvalue weighted by atomic mass is 35.5. The third-order valence-electron chi connectivity index (χ3n) is 7.88. The molecule has 0 aliphatic heterocycles. The molecule has 0 bridgehead atoms. The van der Waals surface area contributed by atoms with Gasteiger partial charge in [-0.05, 0) is 79.5 Å². The number of amides is 1. The van der Waals surface area contributed by atoms with E-state index in [1.54, 1.807) is 23.0 Å². The largest absolute Gasteiger partial charge is 0.477 e. The topological polar surface area (TPSA) is 94.0 Å². The van der Waals surface area contributed by atoms with Gasteiger partial charge in [-0.2, -0.15) is 0 Å². The molecule has 3 saturated carbocycles. The van der Waals surface area contributed by atoms with E-state index in [9.17, 15) is 4.79 Å². The van der Waals surface area contributed by atoms with Crippen molar-refractivity contribution in [3.8, 4) is 11.7 Å². The molecule has 188 valence electrons. The highest BCUT2D eigenvalue weighted by Crippen LogP contribution is 2.93. The third-order valence-corrected chi connectivity index (χ3v) is 8.89. The van der Waals surface area contributed by atoms with Crippen LogP contribution in [0.5, 0.6) is 5.88 Å². The first kappa shape index (κ1) is 23.6. The van der Waals surface area contributed by atoms with Crippen LogP contribution in [0.1, 0.15) is 55.8 Å². The number of halogens is 1. The summed E-state index contributed by atoms with van der Waals surface area (Å²) in [4.78, 5) is 21.5. The first-order valence-corrected chi connectivity index (χ1v) is 13.8. The van der Waals surface area contributed by atoms with Crippen molar-refractivity contribution < 1.29 is 9.53 Å². The van der Waals surface area contributed by atoms with Crippen LogP contribution in [0.4, 0.5) is 5.82 Å². The highest BCUT2D eigenvalue weighted by Gasteiger charge is 2.85. The Morgan fingerprint density at radius 1 is 1.17 bits per heavy atom. The maximum Gasteiger partial charge on any atom is 0.264 e. The molecule has 3 fully saturated rings. The molecule has 3 aliphatic carbocycles. The Bertz CT molecular complexity index is 1270. The van der Waals surface area contributed by atoms with Crippen LogP contribution in [0.3, 0.4) is 0 Å². The summed E-state index contributed by atoms with van der Waals surface area (Å²) in [5, 5.41) is 8.49. The smallest absolute Gasteiger partial charge is 0.264 e. The van der Waals surface area contributed by atoms with Gasteiger partial charge in [0.05, 0.1) is 12.2 Å². The minimum Gasteiger partial charge on any atom is -0.477 e. The van der Waals surface area contributed by atoms with Crippen molar-refractivity contribution in [3.63, 3.8) is 0 Å². The van der Waals surface area contributed by atoms with Gasteiger partial charge < -0.3 is 10.1 Å². The summed E-state index contributed by atoms with van der Waals surface area (Å²) in [6, 6.07) is 10.8. The summed E-state index contributed by atoms with van der Waals surface area (Å²) in [6.07, 6.45) is 9.60. The van der Waals surface area contributed by atoms with Crippen molar-refractivity contribution >= 4 is 35.3 Å². The molecule has 0 radical (unpaired) electrons. The van der Waals surface area contributed by atoms with Gasteiger partial charge in [-0.15, -0.1) is 5.10 Å². The van der Waals surface area contributed by atoms with Gasteiger partial charge in [-0.25, -0.2) is 14.6 Å². The first-order valence-electron chi connectivity index (χ1n) is 12.6. The number of fused-ring (bicyclic) bond motifs is 1. The summed E-state index contributed by atoms with van der Waals surface area (Å²) in [7, 11) is 0. The minimum absolute atomic E-state index is 0.105. The van der Waals surface area contributed by atoms with E-state index in [0.29, 0.717) is 34.2 Å². The molecule has 2 spiro atoms. The van der Waals surface area contributed by atoms with Crippen molar-refractivity contribution in [2.45, 2.75) is 50.5 Å². The fourth-order valence-corrected chi connectivity index (χ4v) is 6.68. The SMILES string of the molecule is CCCNc1cccc(SNC(=O)c2ccc(-n3ccc(OCCC4C5(CC5)C45CC5)n3)nc2Cl)n1. The van der Waals surface area contributed by atoms with Gasteiger partial charge in [0.15, 0.2) is 5.82 Å². The predicted octanol–water partition coefficient (Wildman–Crippen LogP) is 5.53. The number of rotatable bonds is 11. The quantitative estimate of drug-likeness (QED) is 0.251. The molecule has 0 saturated heterocycles. The van der Waals surface area contributed by atoms with Crippen molar-refractivity contribution in [2.24, 2.45) is 16.7 Å². The summed E-state index contributed by atoms with van der Waals surface area (Å²) < 4.78 is 10.3. The average molecular weight is 525 g/mol. The number of nitrogens with one attached hydrogen (secondary N) is 2. The molecule has 3 aliphatic rings. The molecule has 3 aromatic rings. The molecular formula is C26H29ClN6O2S. The summed E-state index contributed by atoms with van der Waals surface area (Å²) in [5.41, 5.74) is 1.69. The fraction of sp³-hybridized carbons (Fsp3) is 0.462. The Kier molecular flexibility index (Phi) is 6.08. The molecule has 1 amide bonds. The van der Waals surface area contributed by atoms with Crippen LogP contribution in [0.25, 0.3) is 5.82 Å². The first-order chi connectivity index (χ1) is 17.5. The number of nitrogens with zero attached hydrogens (tertiary/aromatic N) is 4. The van der Waals surface area contributed by atoms with E-state index in [4.69, 9.17) is 16.3 Å². The Hall–Kier alpha value is -2.78. The number of carbonyl (C=O) groups is 1. The molecule has 36 heavy (non-hydrogen) atoms. The molecule has 3 heterocycles. The number of pyridine rings is 2. The zero-order chi connectivity index (χ0) is 24.8. The van der Waals surface area contributed by atoms with Gasteiger partial charge in [0.1, 0.15) is 16.0 Å². The van der Waals surface area contributed by atoms with E-state index < -0.39 is 0 Å². The Morgan fingerprint density at radius 2 is 1.97 bits per heavy atom. The molecule has 8 nitrogen and oxygen atoms in total. The molecule has 10 heteroatoms. The lowest BCUT2D eigenvalue weighted by Crippen LogP contribution is -2.17. The van der Waals surface area contributed by atoms with E-state index in [0.717, 1.165) is 43.1 Å². The van der Waals surface area contributed by atoms with Crippen LogP contribution in [-0.4, -0.2) is 38.8 Å². The Balaban J connectivity index is 1.02. The van der Waals surface area contributed by atoms with Gasteiger partial charge in [0.25, 0.3) is 5.91 Å². The van der Waals surface area contributed by atoms with E-state index >= 15 is 0 Å². The zero-order valence-electron chi connectivity index (χ0n) is 20.2. The second-order valence-corrected chi connectivity index (χ2v) is 11.1. The van der Waals surface area contributed by atoms with E-state index in [2.05, 4.69) is 32.0 Å². The minimum atomic E-state index is -0.343. The average Bonchev–Trinajstić information content (AvgIpc) is 3.85. The van der Waals surface area contributed by atoms with Crippen LogP contribution in [0.15, 0.2) is 47.6 Å². The molecule has 0 atom stereocenters. The van der Waals surface area contributed by atoms with Gasteiger partial charge in [-0.3, -0.25) is 9.52 Å². The lowest BCUT2D eigenvalue weighted by Gasteiger charge is -2.08. The number of hydrogen-bond donors (Lipinski definition) is 2. The van der Waals surface area contributed by atoms with Crippen LogP contribution in [0, 0.1) is 16.7 Å². The maximum absolute atomic E-state index is 12.7. The lowest BCUT2D eigenvalue weighted by atomic mass is 10.2. The fourth-order valence-electron chi connectivity index (χ4n) is 5.85. The second kappa shape index (κ2) is 9.27. The number of anilines is 1. The zero-order valence-corrected chi connectivity index (χ0v) is 21.7. The second-order valence-electron chi connectivity index (χ2n) is 9.93. The van der Waals surface area contributed by atoms with Crippen LogP contribution in [-0.2, 0) is 0 Å². The normalized spacial score (nSPS) is 18.3. The number of ether oxygens (including phenoxy) is 1. The maximum atomic E-state index is 12.7. The summed E-state index contributed by atoms with van der Waals surface area (Å²) in [5.74, 6) is 2.39. The highest BCUT2D eigenvalue weighted by molar-refractivity contribution is 7.97. The Labute approximate surface area is 219 Å². The monoisotopic (exact) mass is 524 g/mol. The van der Waals surface area contributed by atoms with Crippen molar-refractivity contribution in [3.05, 3.63) is 53.3 Å². The predicted molar refractivity (Wildman–Crippen MR) is 140 cm³/mol. The van der Waals surface area contributed by atoms with E-state index in [1.165, 1.54) is 25.7 Å². The van der Waals surface area contributed by atoms with Crippen molar-refractivity contribution in [2.75, 3.05) is 18.5 Å². The number of carbonyl (C=O) groups excluding carboxylic acids is 1.